The van der Waals surface area contributed by atoms with E-state index in [-0.39, 0.29) is 17.9 Å². The highest BCUT2D eigenvalue weighted by molar-refractivity contribution is 5.80. The second-order valence-electron chi connectivity index (χ2n) is 9.60. The fourth-order valence-electron chi connectivity index (χ4n) is 5.85. The molecule has 28 heavy (non-hydrogen) atoms. The molecule has 1 aliphatic carbocycles. The molecule has 0 aromatic heterocycles. The van der Waals surface area contributed by atoms with Crippen LogP contribution in [0.5, 0.6) is 0 Å². The van der Waals surface area contributed by atoms with Gasteiger partial charge in [0, 0.05) is 57.1 Å². The molecule has 0 aromatic rings. The van der Waals surface area contributed by atoms with Gasteiger partial charge in [0.1, 0.15) is 0 Å². The predicted molar refractivity (Wildman–Crippen MR) is 103 cm³/mol. The van der Waals surface area contributed by atoms with E-state index in [0.717, 1.165) is 64.6 Å². The van der Waals surface area contributed by atoms with Crippen LogP contribution in [0.25, 0.3) is 0 Å². The van der Waals surface area contributed by atoms with Crippen LogP contribution in [0, 0.1) is 17.8 Å². The summed E-state index contributed by atoms with van der Waals surface area (Å²) < 4.78 is 0. The Labute approximate surface area is 166 Å². The number of carbonyl (C=O) groups excluding carboxylic acids is 3. The summed E-state index contributed by atoms with van der Waals surface area (Å²) in [6.07, 6.45) is 7.71. The molecule has 4 amide bonds. The second-order valence-corrected chi connectivity index (χ2v) is 9.60. The minimum absolute atomic E-state index is 0.0622. The molecule has 154 valence electrons. The summed E-state index contributed by atoms with van der Waals surface area (Å²) in [6, 6.07) is 0.891. The van der Waals surface area contributed by atoms with E-state index >= 15 is 0 Å². The number of nitrogens with zero attached hydrogens (tertiary/aromatic N) is 3. The van der Waals surface area contributed by atoms with Crippen molar-refractivity contribution in [2.24, 2.45) is 17.8 Å². The molecule has 0 radical (unpaired) electrons. The monoisotopic (exact) mass is 388 g/mol. The van der Waals surface area contributed by atoms with Gasteiger partial charge < -0.3 is 20.0 Å². The van der Waals surface area contributed by atoms with Gasteiger partial charge in [0.05, 0.1) is 0 Å². The van der Waals surface area contributed by atoms with Gasteiger partial charge in [-0.1, -0.05) is 0 Å². The van der Waals surface area contributed by atoms with Crippen LogP contribution < -0.4 is 5.32 Å². The Morgan fingerprint density at radius 1 is 0.929 bits per heavy atom. The molecule has 4 saturated heterocycles. The number of piperidine rings is 4. The largest absolute Gasteiger partial charge is 0.353 e. The Balaban J connectivity index is 1.17. The standard InChI is InChI=1S/C21H32N4O3/c26-19-3-1-2-18-16-10-14(12-25(18)19)11-24(13-16)21(28)23-8-6-15(7-9-23)20(27)22-17-4-5-17/h14-18H,1-13H2,(H,22,27)/t14-,16-,18-/m1/s1. The molecule has 5 rings (SSSR count). The van der Waals surface area contributed by atoms with Crippen LogP contribution >= 0.6 is 0 Å². The van der Waals surface area contributed by atoms with Gasteiger partial charge >= 0.3 is 6.03 Å². The van der Waals surface area contributed by atoms with Crippen molar-refractivity contribution in [2.45, 2.75) is 63.5 Å². The molecule has 7 nitrogen and oxygen atoms in total. The van der Waals surface area contributed by atoms with Crippen LogP contribution in [0.2, 0.25) is 0 Å². The van der Waals surface area contributed by atoms with Crippen molar-refractivity contribution in [3.05, 3.63) is 0 Å². The van der Waals surface area contributed by atoms with Crippen molar-refractivity contribution in [3.63, 3.8) is 0 Å². The first-order valence-electron chi connectivity index (χ1n) is 11.2. The lowest BCUT2D eigenvalue weighted by Gasteiger charge is -2.53. The van der Waals surface area contributed by atoms with Crippen LogP contribution in [-0.2, 0) is 9.59 Å². The summed E-state index contributed by atoms with van der Waals surface area (Å²) in [5, 5.41) is 3.10. The van der Waals surface area contributed by atoms with Gasteiger partial charge in [-0.3, -0.25) is 9.59 Å². The van der Waals surface area contributed by atoms with Crippen LogP contribution in [-0.4, -0.2) is 77.4 Å². The van der Waals surface area contributed by atoms with Gasteiger partial charge in [-0.25, -0.2) is 4.79 Å². The van der Waals surface area contributed by atoms with Crippen LogP contribution in [0.1, 0.15) is 51.4 Å². The topological polar surface area (TPSA) is 73.0 Å². The molecule has 5 aliphatic rings. The molecule has 3 atom stereocenters. The SMILES string of the molecule is O=C(NC1CC1)C1CCN(C(=O)N2C[C@H]3C[C@H](C2)[C@H]2CCCC(=O)N2C3)CC1. The number of hydrogen-bond acceptors (Lipinski definition) is 3. The predicted octanol–water partition coefficient (Wildman–Crippen LogP) is 1.43. The summed E-state index contributed by atoms with van der Waals surface area (Å²) in [5.74, 6) is 1.42. The van der Waals surface area contributed by atoms with Crippen molar-refractivity contribution in [2.75, 3.05) is 32.7 Å². The van der Waals surface area contributed by atoms with Gasteiger partial charge in [-0.05, 0) is 56.8 Å². The fourth-order valence-corrected chi connectivity index (χ4v) is 5.85. The molecule has 0 unspecified atom stereocenters. The first-order valence-corrected chi connectivity index (χ1v) is 11.2. The molecular weight excluding hydrogens is 356 g/mol. The maximum absolute atomic E-state index is 13.1. The Morgan fingerprint density at radius 2 is 1.71 bits per heavy atom. The third-order valence-electron chi connectivity index (χ3n) is 7.51. The Hall–Kier alpha value is -1.79. The van der Waals surface area contributed by atoms with Crippen molar-refractivity contribution in [3.8, 4) is 0 Å². The number of likely N-dealkylation sites (tertiary alicyclic amines) is 2. The van der Waals surface area contributed by atoms with Crippen molar-refractivity contribution in [1.82, 2.24) is 20.0 Å². The summed E-state index contributed by atoms with van der Waals surface area (Å²) in [7, 11) is 0. The number of nitrogens with one attached hydrogen (secondary N) is 1. The molecule has 1 saturated carbocycles. The Morgan fingerprint density at radius 3 is 2.46 bits per heavy atom. The second kappa shape index (κ2) is 7.23. The average Bonchev–Trinajstić information content (AvgIpc) is 3.52. The minimum atomic E-state index is 0.0622. The third-order valence-corrected chi connectivity index (χ3v) is 7.51. The van der Waals surface area contributed by atoms with E-state index in [0.29, 0.717) is 49.3 Å². The molecule has 4 aliphatic heterocycles. The molecular formula is C21H32N4O3. The average molecular weight is 389 g/mol. The summed E-state index contributed by atoms with van der Waals surface area (Å²) >= 11 is 0. The number of urea groups is 1. The number of fused-ring (bicyclic) bond motifs is 4. The Bertz CT molecular complexity index is 656. The maximum atomic E-state index is 13.1. The highest BCUT2D eigenvalue weighted by atomic mass is 16.2. The maximum Gasteiger partial charge on any atom is 0.320 e. The first kappa shape index (κ1) is 18.3. The molecule has 5 fully saturated rings. The zero-order valence-electron chi connectivity index (χ0n) is 16.6. The zero-order valence-corrected chi connectivity index (χ0v) is 16.6. The fraction of sp³-hybridized carbons (Fsp3) is 0.857. The molecule has 0 spiro atoms. The van der Waals surface area contributed by atoms with Gasteiger partial charge in [-0.15, -0.1) is 0 Å². The molecule has 0 aromatic carbocycles. The van der Waals surface area contributed by atoms with Crippen LogP contribution in [0.15, 0.2) is 0 Å². The quantitative estimate of drug-likeness (QED) is 0.778. The van der Waals surface area contributed by atoms with Gasteiger partial charge in [0.25, 0.3) is 0 Å². The van der Waals surface area contributed by atoms with E-state index in [4.69, 9.17) is 0 Å². The number of carbonyl (C=O) groups is 3. The lowest BCUT2D eigenvalue weighted by atomic mass is 9.76. The van der Waals surface area contributed by atoms with Gasteiger partial charge in [0.15, 0.2) is 0 Å². The number of amides is 4. The van der Waals surface area contributed by atoms with E-state index in [2.05, 4.69) is 10.2 Å². The normalized spacial score (nSPS) is 33.5. The number of hydrogen-bond donors (Lipinski definition) is 1. The third kappa shape index (κ3) is 3.48. The zero-order chi connectivity index (χ0) is 19.3. The summed E-state index contributed by atoms with van der Waals surface area (Å²) in [5.41, 5.74) is 0. The van der Waals surface area contributed by atoms with Crippen LogP contribution in [0.3, 0.4) is 0 Å². The summed E-state index contributed by atoms with van der Waals surface area (Å²) in [6.45, 7) is 3.75. The Kier molecular flexibility index (Phi) is 4.71. The van der Waals surface area contributed by atoms with Crippen molar-refractivity contribution < 1.29 is 14.4 Å². The van der Waals surface area contributed by atoms with Crippen molar-refractivity contribution in [1.29, 1.82) is 0 Å². The molecule has 7 heteroatoms. The number of rotatable bonds is 2. The molecule has 4 heterocycles. The lowest BCUT2D eigenvalue weighted by molar-refractivity contribution is -0.144. The molecule has 1 N–H and O–H groups in total. The summed E-state index contributed by atoms with van der Waals surface area (Å²) in [4.78, 5) is 43.8. The van der Waals surface area contributed by atoms with Crippen molar-refractivity contribution >= 4 is 17.8 Å². The van der Waals surface area contributed by atoms with Gasteiger partial charge in [0.2, 0.25) is 11.8 Å². The minimum Gasteiger partial charge on any atom is -0.353 e. The smallest absolute Gasteiger partial charge is 0.320 e. The van der Waals surface area contributed by atoms with Crippen LogP contribution in [0.4, 0.5) is 4.79 Å². The highest BCUT2D eigenvalue weighted by Gasteiger charge is 2.45. The molecule has 2 bridgehead atoms. The van der Waals surface area contributed by atoms with Gasteiger partial charge in [-0.2, -0.15) is 0 Å². The van der Waals surface area contributed by atoms with E-state index in [1.54, 1.807) is 0 Å². The first-order chi connectivity index (χ1) is 13.6. The van der Waals surface area contributed by atoms with E-state index < -0.39 is 0 Å². The lowest BCUT2D eigenvalue weighted by Crippen LogP contribution is -2.62. The highest BCUT2D eigenvalue weighted by Crippen LogP contribution is 2.38. The van der Waals surface area contributed by atoms with E-state index in [1.807, 2.05) is 9.80 Å². The van der Waals surface area contributed by atoms with E-state index in [1.165, 1.54) is 0 Å². The van der Waals surface area contributed by atoms with E-state index in [9.17, 15) is 14.4 Å².